The molecule has 1 aliphatic rings. The fourth-order valence-electron chi connectivity index (χ4n) is 1.57. The van der Waals surface area contributed by atoms with Crippen LogP contribution in [0.4, 0.5) is 0 Å². The van der Waals surface area contributed by atoms with Gasteiger partial charge in [-0.15, -0.1) is 5.10 Å². The van der Waals surface area contributed by atoms with Gasteiger partial charge in [0, 0.05) is 6.04 Å². The van der Waals surface area contributed by atoms with Crippen LogP contribution >= 0.6 is 0 Å². The molecule has 1 aromatic heterocycles. The summed E-state index contributed by atoms with van der Waals surface area (Å²) >= 11 is 0. The van der Waals surface area contributed by atoms with Crippen molar-refractivity contribution in [3.63, 3.8) is 0 Å². The molecule has 1 atom stereocenters. The minimum absolute atomic E-state index is 0.248. The maximum atomic E-state index is 8.51. The molecule has 0 aromatic carbocycles. The van der Waals surface area contributed by atoms with Crippen molar-refractivity contribution in [3.05, 3.63) is 12.2 Å². The Hall–Kier alpha value is -1.41. The second-order valence-corrected chi connectivity index (χ2v) is 3.20. The highest BCUT2D eigenvalue weighted by Crippen LogP contribution is 2.06. The summed E-state index contributed by atoms with van der Waals surface area (Å²) in [7, 11) is 0. The van der Waals surface area contributed by atoms with Crippen LogP contribution in [0.1, 0.15) is 18.7 Å². The summed E-state index contributed by atoms with van der Waals surface area (Å²) in [6.07, 6.45) is 4.02. The van der Waals surface area contributed by atoms with Gasteiger partial charge in [0.25, 0.3) is 5.82 Å². The molecule has 13 heavy (non-hydrogen) atoms. The maximum Gasteiger partial charge on any atom is 0.252 e. The standard InChI is InChI=1S/C8H11N5/c9-4-8-11-6-13(12-8)5-7-2-1-3-10-7/h6-7,10H,1-3,5H2/t7-/m0/s1. The lowest BCUT2D eigenvalue weighted by atomic mass is 10.2. The second-order valence-electron chi connectivity index (χ2n) is 3.20. The molecule has 0 aliphatic carbocycles. The number of nitrogens with zero attached hydrogens (tertiary/aromatic N) is 4. The summed E-state index contributed by atoms with van der Waals surface area (Å²) in [5.41, 5.74) is 0. The first-order valence-corrected chi connectivity index (χ1v) is 4.41. The molecule has 5 heteroatoms. The van der Waals surface area contributed by atoms with Crippen molar-refractivity contribution < 1.29 is 0 Å². The first-order valence-electron chi connectivity index (χ1n) is 4.41. The van der Waals surface area contributed by atoms with Gasteiger partial charge in [-0.3, -0.25) is 4.68 Å². The summed E-state index contributed by atoms with van der Waals surface area (Å²) in [6.45, 7) is 1.90. The molecule has 2 heterocycles. The van der Waals surface area contributed by atoms with Crippen LogP contribution in [0, 0.1) is 11.3 Å². The van der Waals surface area contributed by atoms with Crippen molar-refractivity contribution in [2.45, 2.75) is 25.4 Å². The number of hydrogen-bond donors (Lipinski definition) is 1. The molecular weight excluding hydrogens is 166 g/mol. The average Bonchev–Trinajstić information content (AvgIpc) is 2.76. The molecule has 0 saturated carbocycles. The van der Waals surface area contributed by atoms with Crippen molar-refractivity contribution in [3.8, 4) is 6.07 Å². The van der Waals surface area contributed by atoms with E-state index < -0.39 is 0 Å². The molecular formula is C8H11N5. The molecule has 2 rings (SSSR count). The first-order chi connectivity index (χ1) is 6.38. The molecule has 0 bridgehead atoms. The van der Waals surface area contributed by atoms with Crippen molar-refractivity contribution in [2.24, 2.45) is 0 Å². The van der Waals surface area contributed by atoms with Crippen LogP contribution in [0.5, 0.6) is 0 Å². The van der Waals surface area contributed by atoms with Gasteiger partial charge in [-0.2, -0.15) is 5.26 Å². The van der Waals surface area contributed by atoms with E-state index in [9.17, 15) is 0 Å². The van der Waals surface area contributed by atoms with E-state index in [-0.39, 0.29) is 5.82 Å². The monoisotopic (exact) mass is 177 g/mol. The fourth-order valence-corrected chi connectivity index (χ4v) is 1.57. The largest absolute Gasteiger partial charge is 0.312 e. The Bertz CT molecular complexity index is 318. The lowest BCUT2D eigenvalue weighted by Crippen LogP contribution is -2.26. The highest BCUT2D eigenvalue weighted by molar-refractivity contribution is 5.05. The van der Waals surface area contributed by atoms with E-state index in [1.165, 1.54) is 12.8 Å². The summed E-state index contributed by atoms with van der Waals surface area (Å²) in [5, 5.41) is 15.9. The van der Waals surface area contributed by atoms with Gasteiger partial charge in [-0.1, -0.05) is 0 Å². The molecule has 1 saturated heterocycles. The van der Waals surface area contributed by atoms with E-state index in [0.717, 1.165) is 13.1 Å². The third-order valence-corrected chi connectivity index (χ3v) is 2.21. The third-order valence-electron chi connectivity index (χ3n) is 2.21. The van der Waals surface area contributed by atoms with Crippen LogP contribution in [0.3, 0.4) is 0 Å². The van der Waals surface area contributed by atoms with E-state index >= 15 is 0 Å². The van der Waals surface area contributed by atoms with Crippen LogP contribution in [-0.4, -0.2) is 27.4 Å². The Balaban J connectivity index is 1.97. The van der Waals surface area contributed by atoms with Crippen LogP contribution in [0.2, 0.25) is 0 Å². The highest BCUT2D eigenvalue weighted by Gasteiger charge is 2.14. The number of hydrogen-bond acceptors (Lipinski definition) is 4. The smallest absolute Gasteiger partial charge is 0.252 e. The van der Waals surface area contributed by atoms with Gasteiger partial charge in [0.2, 0.25) is 0 Å². The topological polar surface area (TPSA) is 66.5 Å². The molecule has 0 spiro atoms. The molecule has 68 valence electrons. The van der Waals surface area contributed by atoms with Crippen molar-refractivity contribution >= 4 is 0 Å². The van der Waals surface area contributed by atoms with Gasteiger partial charge in [0.05, 0.1) is 6.54 Å². The van der Waals surface area contributed by atoms with E-state index in [1.807, 2.05) is 6.07 Å². The van der Waals surface area contributed by atoms with Crippen LogP contribution in [-0.2, 0) is 6.54 Å². The number of rotatable bonds is 2. The molecule has 0 unspecified atom stereocenters. The molecule has 0 radical (unpaired) electrons. The second kappa shape index (κ2) is 3.54. The Kier molecular flexibility index (Phi) is 2.23. The van der Waals surface area contributed by atoms with Gasteiger partial charge >= 0.3 is 0 Å². The van der Waals surface area contributed by atoms with E-state index in [4.69, 9.17) is 5.26 Å². The lowest BCUT2D eigenvalue weighted by molar-refractivity contribution is 0.474. The number of aromatic nitrogens is 3. The molecule has 1 fully saturated rings. The Morgan fingerprint density at radius 2 is 2.69 bits per heavy atom. The highest BCUT2D eigenvalue weighted by atomic mass is 15.3. The predicted molar refractivity (Wildman–Crippen MR) is 45.8 cm³/mol. The number of nitriles is 1. The van der Waals surface area contributed by atoms with Gasteiger partial charge in [-0.25, -0.2) is 4.98 Å². The molecule has 1 aliphatic heterocycles. The number of nitrogens with one attached hydrogen (secondary N) is 1. The summed E-state index contributed by atoms with van der Waals surface area (Å²) in [6, 6.07) is 2.40. The van der Waals surface area contributed by atoms with Crippen LogP contribution in [0.15, 0.2) is 6.33 Å². The van der Waals surface area contributed by atoms with Gasteiger partial charge in [-0.05, 0) is 19.4 Å². The average molecular weight is 177 g/mol. The van der Waals surface area contributed by atoms with Crippen molar-refractivity contribution in [1.29, 1.82) is 5.26 Å². The zero-order valence-electron chi connectivity index (χ0n) is 7.27. The van der Waals surface area contributed by atoms with Gasteiger partial charge in [0.1, 0.15) is 12.4 Å². The van der Waals surface area contributed by atoms with E-state index in [0.29, 0.717) is 6.04 Å². The predicted octanol–water partition coefficient (Wildman–Crippen LogP) is -0.0982. The minimum Gasteiger partial charge on any atom is -0.312 e. The van der Waals surface area contributed by atoms with Gasteiger partial charge < -0.3 is 5.32 Å². The normalized spacial score (nSPS) is 21.6. The van der Waals surface area contributed by atoms with Crippen LogP contribution < -0.4 is 5.32 Å². The third kappa shape index (κ3) is 1.84. The summed E-state index contributed by atoms with van der Waals surface area (Å²) in [4.78, 5) is 3.84. The van der Waals surface area contributed by atoms with E-state index in [1.54, 1.807) is 11.0 Å². The lowest BCUT2D eigenvalue weighted by Gasteiger charge is -2.08. The first kappa shape index (κ1) is 8.20. The Morgan fingerprint density at radius 3 is 3.31 bits per heavy atom. The minimum atomic E-state index is 0.248. The van der Waals surface area contributed by atoms with Crippen molar-refractivity contribution in [1.82, 2.24) is 20.1 Å². The summed E-state index contributed by atoms with van der Waals surface area (Å²) < 4.78 is 1.72. The summed E-state index contributed by atoms with van der Waals surface area (Å²) in [5.74, 6) is 0.248. The maximum absolute atomic E-state index is 8.51. The van der Waals surface area contributed by atoms with E-state index in [2.05, 4.69) is 15.4 Å². The Labute approximate surface area is 76.4 Å². The zero-order chi connectivity index (χ0) is 9.10. The zero-order valence-corrected chi connectivity index (χ0v) is 7.27. The van der Waals surface area contributed by atoms with Gasteiger partial charge in [0.15, 0.2) is 0 Å². The quantitative estimate of drug-likeness (QED) is 0.685. The SMILES string of the molecule is N#Cc1ncn(C[C@@H]2CCCN2)n1. The molecule has 1 aromatic rings. The Morgan fingerprint density at radius 1 is 1.77 bits per heavy atom. The molecule has 5 nitrogen and oxygen atoms in total. The molecule has 0 amide bonds. The van der Waals surface area contributed by atoms with Crippen molar-refractivity contribution in [2.75, 3.05) is 6.54 Å². The fraction of sp³-hybridized carbons (Fsp3) is 0.625. The molecule has 1 N–H and O–H groups in total. The van der Waals surface area contributed by atoms with Crippen LogP contribution in [0.25, 0.3) is 0 Å².